The van der Waals surface area contributed by atoms with E-state index in [1.54, 1.807) is 22.8 Å². The summed E-state index contributed by atoms with van der Waals surface area (Å²) in [5.74, 6) is -0.0685. The monoisotopic (exact) mass is 438 g/mol. The first-order valence-electron chi connectivity index (χ1n) is 10.7. The number of aliphatic hydroxyl groups is 1. The molecule has 1 aliphatic rings. The van der Waals surface area contributed by atoms with Gasteiger partial charge in [-0.2, -0.15) is 0 Å². The summed E-state index contributed by atoms with van der Waals surface area (Å²) in [6.07, 6.45) is 3.30. The number of aliphatic hydroxyl groups excluding tert-OH is 1. The van der Waals surface area contributed by atoms with E-state index in [1.807, 2.05) is 24.3 Å². The second kappa shape index (κ2) is 9.54. The molecule has 6 nitrogen and oxygen atoms in total. The van der Waals surface area contributed by atoms with Crippen LogP contribution in [-0.2, 0) is 6.54 Å². The highest BCUT2D eigenvalue weighted by atomic mass is 19.1. The highest BCUT2D eigenvalue weighted by molar-refractivity contribution is 6.00. The SMILES string of the molecule is COc1c(F)cccc1C1=CCN(CC(O)CCn2c(O)c3ccccc3c2C=O)CC1. The zero-order valence-electron chi connectivity index (χ0n) is 18.0. The lowest BCUT2D eigenvalue weighted by Crippen LogP contribution is -2.36. The third kappa shape index (κ3) is 4.26. The molecule has 0 radical (unpaired) electrons. The average molecular weight is 438 g/mol. The number of hydrogen-bond acceptors (Lipinski definition) is 5. The number of para-hydroxylation sites is 1. The molecule has 1 aliphatic heterocycles. The summed E-state index contributed by atoms with van der Waals surface area (Å²) in [5.41, 5.74) is 2.22. The molecule has 0 aliphatic carbocycles. The summed E-state index contributed by atoms with van der Waals surface area (Å²) in [6.45, 7) is 2.19. The molecule has 0 spiro atoms. The maximum atomic E-state index is 14.0. The maximum absolute atomic E-state index is 14.0. The number of ether oxygens (including phenoxy) is 1. The van der Waals surface area contributed by atoms with Crippen LogP contribution in [0.4, 0.5) is 4.39 Å². The third-order valence-electron chi connectivity index (χ3n) is 6.07. The van der Waals surface area contributed by atoms with Crippen LogP contribution >= 0.6 is 0 Å². The van der Waals surface area contributed by atoms with Gasteiger partial charge >= 0.3 is 0 Å². The second-order valence-electron chi connectivity index (χ2n) is 8.03. The van der Waals surface area contributed by atoms with Crippen molar-refractivity contribution in [3.05, 3.63) is 65.6 Å². The van der Waals surface area contributed by atoms with E-state index in [-0.39, 0.29) is 17.4 Å². The van der Waals surface area contributed by atoms with Crippen molar-refractivity contribution in [1.29, 1.82) is 0 Å². The number of carbonyl (C=O) groups excluding carboxylic acids is 1. The smallest absolute Gasteiger partial charge is 0.199 e. The van der Waals surface area contributed by atoms with Gasteiger partial charge in [-0.1, -0.05) is 36.4 Å². The summed E-state index contributed by atoms with van der Waals surface area (Å²) < 4.78 is 20.8. The molecule has 0 fully saturated rings. The molecule has 0 saturated carbocycles. The van der Waals surface area contributed by atoms with Crippen molar-refractivity contribution in [3.8, 4) is 11.6 Å². The second-order valence-corrected chi connectivity index (χ2v) is 8.03. The van der Waals surface area contributed by atoms with Crippen molar-refractivity contribution in [2.75, 3.05) is 26.7 Å². The molecule has 32 heavy (non-hydrogen) atoms. The molecule has 0 amide bonds. The van der Waals surface area contributed by atoms with E-state index in [0.29, 0.717) is 42.5 Å². The Morgan fingerprint density at radius 1 is 1.19 bits per heavy atom. The number of nitrogens with zero attached hydrogens (tertiary/aromatic N) is 2. The van der Waals surface area contributed by atoms with Crippen LogP contribution < -0.4 is 4.74 Å². The quantitative estimate of drug-likeness (QED) is 0.523. The molecule has 4 rings (SSSR count). The molecule has 1 unspecified atom stereocenters. The number of hydrogen-bond donors (Lipinski definition) is 2. The Morgan fingerprint density at radius 2 is 1.97 bits per heavy atom. The highest BCUT2D eigenvalue weighted by Gasteiger charge is 2.21. The first-order chi connectivity index (χ1) is 15.5. The number of rotatable bonds is 8. The highest BCUT2D eigenvalue weighted by Crippen LogP contribution is 2.33. The fraction of sp³-hybridized carbons (Fsp3) is 0.320. The maximum Gasteiger partial charge on any atom is 0.199 e. The Morgan fingerprint density at radius 3 is 2.66 bits per heavy atom. The van der Waals surface area contributed by atoms with E-state index in [1.165, 1.54) is 13.2 Å². The molecule has 1 aromatic heterocycles. The zero-order valence-corrected chi connectivity index (χ0v) is 18.0. The molecule has 1 atom stereocenters. The van der Waals surface area contributed by atoms with Gasteiger partial charge in [-0.15, -0.1) is 0 Å². The standard InChI is InChI=1S/C25H27FN2O4/c1-32-24-19(7-4-8-22(24)26)17-9-12-27(13-10-17)15-18(30)11-14-28-23(16-29)20-5-2-3-6-21(20)25(28)31/h2-9,16,18,30-31H,10-15H2,1H3. The summed E-state index contributed by atoms with van der Waals surface area (Å²) in [6, 6.07) is 12.1. The molecule has 2 N–H and O–H groups in total. The lowest BCUT2D eigenvalue weighted by Gasteiger charge is -2.29. The third-order valence-corrected chi connectivity index (χ3v) is 6.07. The van der Waals surface area contributed by atoms with E-state index in [0.717, 1.165) is 30.4 Å². The topological polar surface area (TPSA) is 74.9 Å². The summed E-state index contributed by atoms with van der Waals surface area (Å²) >= 11 is 0. The van der Waals surface area contributed by atoms with Crippen molar-refractivity contribution in [2.24, 2.45) is 0 Å². The minimum atomic E-state index is -0.613. The number of aromatic nitrogens is 1. The predicted octanol–water partition coefficient (Wildman–Crippen LogP) is 3.85. The van der Waals surface area contributed by atoms with Gasteiger partial charge in [0.15, 0.2) is 23.7 Å². The minimum Gasteiger partial charge on any atom is -0.494 e. The van der Waals surface area contributed by atoms with E-state index in [4.69, 9.17) is 4.74 Å². The number of methoxy groups -OCH3 is 1. The Labute approximate surface area is 186 Å². The van der Waals surface area contributed by atoms with E-state index in [9.17, 15) is 19.4 Å². The summed E-state index contributed by atoms with van der Waals surface area (Å²) in [4.78, 5) is 13.7. The van der Waals surface area contributed by atoms with Crippen LogP contribution in [0.5, 0.6) is 11.6 Å². The van der Waals surface area contributed by atoms with Crippen LogP contribution in [-0.4, -0.2) is 58.8 Å². The van der Waals surface area contributed by atoms with Crippen molar-refractivity contribution >= 4 is 22.6 Å². The van der Waals surface area contributed by atoms with Crippen molar-refractivity contribution in [1.82, 2.24) is 9.47 Å². The molecule has 3 aromatic rings. The average Bonchev–Trinajstić information content (AvgIpc) is 3.09. The molecular weight excluding hydrogens is 411 g/mol. The molecule has 2 aromatic carbocycles. The van der Waals surface area contributed by atoms with Gasteiger partial charge in [0.1, 0.15) is 0 Å². The van der Waals surface area contributed by atoms with Gasteiger partial charge in [0.2, 0.25) is 0 Å². The van der Waals surface area contributed by atoms with E-state index in [2.05, 4.69) is 4.90 Å². The predicted molar refractivity (Wildman–Crippen MR) is 122 cm³/mol. The molecule has 2 heterocycles. The van der Waals surface area contributed by atoms with E-state index < -0.39 is 6.10 Å². The molecule has 7 heteroatoms. The van der Waals surface area contributed by atoms with Gasteiger partial charge in [-0.05, 0) is 30.5 Å². The van der Waals surface area contributed by atoms with Crippen molar-refractivity contribution in [3.63, 3.8) is 0 Å². The normalized spacial score (nSPS) is 15.5. The van der Waals surface area contributed by atoms with Crippen LogP contribution in [0.1, 0.15) is 28.9 Å². The van der Waals surface area contributed by atoms with Gasteiger partial charge in [0.05, 0.1) is 18.9 Å². The van der Waals surface area contributed by atoms with Crippen molar-refractivity contribution in [2.45, 2.75) is 25.5 Å². The fourth-order valence-electron chi connectivity index (χ4n) is 4.42. The zero-order chi connectivity index (χ0) is 22.7. The van der Waals surface area contributed by atoms with Crippen molar-refractivity contribution < 1.29 is 24.1 Å². The van der Waals surface area contributed by atoms with Crippen LogP contribution in [0.2, 0.25) is 0 Å². The number of aldehydes is 1. The number of carbonyl (C=O) groups is 1. The number of β-amino-alcohol motifs (C(OH)–C–C–N with tert-alkyl or cyclic N) is 1. The Kier molecular flexibility index (Phi) is 6.58. The lowest BCUT2D eigenvalue weighted by atomic mass is 9.98. The Bertz CT molecular complexity index is 1150. The number of aromatic hydroxyl groups is 1. The first-order valence-corrected chi connectivity index (χ1v) is 10.7. The number of benzene rings is 2. The van der Waals surface area contributed by atoms with Crippen LogP contribution in [0.25, 0.3) is 16.3 Å². The number of halogens is 1. The summed E-state index contributed by atoms with van der Waals surface area (Å²) in [5, 5.41) is 22.4. The summed E-state index contributed by atoms with van der Waals surface area (Å²) in [7, 11) is 1.47. The van der Waals surface area contributed by atoms with Gasteiger partial charge in [-0.25, -0.2) is 4.39 Å². The van der Waals surface area contributed by atoms with Gasteiger partial charge in [0.25, 0.3) is 0 Å². The Hall–Kier alpha value is -3.16. The van der Waals surface area contributed by atoms with Gasteiger partial charge in [0, 0.05) is 42.5 Å². The van der Waals surface area contributed by atoms with Crippen LogP contribution in [0.15, 0.2) is 48.5 Å². The van der Waals surface area contributed by atoms with Gasteiger partial charge < -0.3 is 19.5 Å². The Balaban J connectivity index is 1.38. The first kappa shape index (κ1) is 22.0. The minimum absolute atomic E-state index is 0.0458. The fourth-order valence-corrected chi connectivity index (χ4v) is 4.42. The molecule has 0 saturated heterocycles. The molecule has 0 bridgehead atoms. The van der Waals surface area contributed by atoms with Gasteiger partial charge in [-0.3, -0.25) is 9.69 Å². The van der Waals surface area contributed by atoms with Crippen LogP contribution in [0.3, 0.4) is 0 Å². The number of fused-ring (bicyclic) bond motifs is 1. The largest absolute Gasteiger partial charge is 0.494 e. The molecular formula is C25H27FN2O4. The molecule has 168 valence electrons. The lowest BCUT2D eigenvalue weighted by molar-refractivity contribution is 0.104. The van der Waals surface area contributed by atoms with Crippen LogP contribution in [0, 0.1) is 5.82 Å². The van der Waals surface area contributed by atoms with E-state index >= 15 is 0 Å².